The van der Waals surface area contributed by atoms with E-state index in [1.807, 2.05) is 44.2 Å². The van der Waals surface area contributed by atoms with Gasteiger partial charge < -0.3 is 4.74 Å². The molecule has 23 heavy (non-hydrogen) atoms. The van der Waals surface area contributed by atoms with Gasteiger partial charge in [0.15, 0.2) is 0 Å². The molecule has 0 N–H and O–H groups in total. The Morgan fingerprint density at radius 3 is 2.74 bits per heavy atom. The van der Waals surface area contributed by atoms with Crippen LogP contribution in [-0.2, 0) is 21.3 Å². The highest BCUT2D eigenvalue weighted by Gasteiger charge is 2.34. The zero-order chi connectivity index (χ0) is 16.4. The first-order valence-corrected chi connectivity index (χ1v) is 9.10. The second kappa shape index (κ2) is 6.43. The minimum atomic E-state index is -3.55. The third-order valence-electron chi connectivity index (χ3n) is 3.95. The molecule has 0 saturated carbocycles. The molecule has 124 valence electrons. The van der Waals surface area contributed by atoms with Crippen molar-refractivity contribution < 1.29 is 13.2 Å². The van der Waals surface area contributed by atoms with Crippen LogP contribution in [0, 0.1) is 0 Å². The van der Waals surface area contributed by atoms with Crippen molar-refractivity contribution in [2.75, 3.05) is 13.2 Å². The Kier molecular flexibility index (Phi) is 4.52. The van der Waals surface area contributed by atoms with Crippen molar-refractivity contribution in [2.45, 2.75) is 37.4 Å². The number of benzene rings is 1. The number of rotatable bonds is 4. The van der Waals surface area contributed by atoms with Crippen molar-refractivity contribution in [1.82, 2.24) is 14.1 Å². The van der Waals surface area contributed by atoms with Crippen molar-refractivity contribution in [3.8, 4) is 0 Å². The molecule has 1 fully saturated rings. The monoisotopic (exact) mass is 335 g/mol. The van der Waals surface area contributed by atoms with Gasteiger partial charge in [0.2, 0.25) is 10.0 Å². The maximum atomic E-state index is 12.8. The topological polar surface area (TPSA) is 64.4 Å². The fourth-order valence-corrected chi connectivity index (χ4v) is 4.32. The van der Waals surface area contributed by atoms with Crippen LogP contribution >= 0.6 is 0 Å². The Labute approximate surface area is 136 Å². The van der Waals surface area contributed by atoms with Gasteiger partial charge in [-0.1, -0.05) is 30.3 Å². The van der Waals surface area contributed by atoms with E-state index in [9.17, 15) is 8.42 Å². The van der Waals surface area contributed by atoms with Crippen LogP contribution in [0.2, 0.25) is 0 Å². The second-order valence-corrected chi connectivity index (χ2v) is 7.82. The summed E-state index contributed by atoms with van der Waals surface area (Å²) in [5.41, 5.74) is 1.08. The summed E-state index contributed by atoms with van der Waals surface area (Å²) in [7, 11) is -3.55. The molecule has 0 spiro atoms. The van der Waals surface area contributed by atoms with Crippen LogP contribution < -0.4 is 0 Å². The first kappa shape index (κ1) is 16.2. The number of nitrogens with zero attached hydrogens (tertiary/aromatic N) is 3. The molecular formula is C16H21N3O3S. The van der Waals surface area contributed by atoms with Gasteiger partial charge in [-0.3, -0.25) is 4.68 Å². The Hall–Kier alpha value is -1.70. The first-order valence-electron chi connectivity index (χ1n) is 7.66. The minimum Gasteiger partial charge on any atom is -0.375 e. The van der Waals surface area contributed by atoms with Crippen LogP contribution in [0.25, 0.3) is 0 Å². The number of aromatic nitrogens is 2. The number of hydrogen-bond donors (Lipinski definition) is 0. The summed E-state index contributed by atoms with van der Waals surface area (Å²) >= 11 is 0. The second-order valence-electron chi connectivity index (χ2n) is 5.93. The lowest BCUT2D eigenvalue weighted by Gasteiger charge is -2.35. The highest BCUT2D eigenvalue weighted by atomic mass is 32.2. The summed E-state index contributed by atoms with van der Waals surface area (Å²) in [6.07, 6.45) is 2.92. The summed E-state index contributed by atoms with van der Waals surface area (Å²) in [5.74, 6) is 0. The predicted molar refractivity (Wildman–Crippen MR) is 86.5 cm³/mol. The first-order chi connectivity index (χ1) is 11.0. The Morgan fingerprint density at radius 1 is 1.26 bits per heavy atom. The van der Waals surface area contributed by atoms with E-state index in [4.69, 9.17) is 4.74 Å². The summed E-state index contributed by atoms with van der Waals surface area (Å²) in [6.45, 7) is 5.07. The van der Waals surface area contributed by atoms with Crippen molar-refractivity contribution in [2.24, 2.45) is 0 Å². The van der Waals surface area contributed by atoms with Crippen molar-refractivity contribution in [1.29, 1.82) is 0 Å². The summed E-state index contributed by atoms with van der Waals surface area (Å²) in [4.78, 5) is 0.231. The molecule has 7 heteroatoms. The quantitative estimate of drug-likeness (QED) is 0.853. The molecule has 1 saturated heterocycles. The molecule has 0 unspecified atom stereocenters. The number of ether oxygens (including phenoxy) is 1. The molecule has 0 bridgehead atoms. The maximum absolute atomic E-state index is 12.8. The third-order valence-corrected chi connectivity index (χ3v) is 5.89. The standard InChI is InChI=1S/C16H21N3O3S/c1-13-12-22-14(2)9-19(13)23(20,21)16-8-17-18(11-16)10-15-6-4-3-5-7-15/h3-8,11,13-14H,9-10,12H2,1-2H3/t13-,14+/m0/s1. The van der Waals surface area contributed by atoms with E-state index >= 15 is 0 Å². The van der Waals surface area contributed by atoms with E-state index in [1.165, 1.54) is 10.5 Å². The lowest BCUT2D eigenvalue weighted by Crippen LogP contribution is -2.49. The summed E-state index contributed by atoms with van der Waals surface area (Å²) < 4.78 is 34.3. The maximum Gasteiger partial charge on any atom is 0.246 e. The minimum absolute atomic E-state index is 0.0969. The molecule has 1 aliphatic rings. The van der Waals surface area contributed by atoms with Gasteiger partial charge in [-0.15, -0.1) is 0 Å². The molecule has 2 atom stereocenters. The molecule has 0 radical (unpaired) electrons. The fraction of sp³-hybridized carbons (Fsp3) is 0.438. The van der Waals surface area contributed by atoms with E-state index in [2.05, 4.69) is 5.10 Å². The normalized spacial score (nSPS) is 23.0. The Morgan fingerprint density at radius 2 is 2.00 bits per heavy atom. The van der Waals surface area contributed by atoms with E-state index in [-0.39, 0.29) is 17.0 Å². The van der Waals surface area contributed by atoms with Crippen LogP contribution in [-0.4, -0.2) is 47.8 Å². The van der Waals surface area contributed by atoms with Crippen LogP contribution in [0.1, 0.15) is 19.4 Å². The average Bonchev–Trinajstić information content (AvgIpc) is 3.00. The SMILES string of the molecule is C[C@@H]1CN(S(=O)(=O)c2cnn(Cc3ccccc3)c2)[C@@H](C)CO1. The molecule has 2 heterocycles. The van der Waals surface area contributed by atoms with Gasteiger partial charge in [-0.25, -0.2) is 8.42 Å². The summed E-state index contributed by atoms with van der Waals surface area (Å²) in [6, 6.07) is 9.65. The molecule has 2 aromatic rings. The lowest BCUT2D eigenvalue weighted by molar-refractivity contribution is -0.0170. The number of morpholine rings is 1. The van der Waals surface area contributed by atoms with Gasteiger partial charge >= 0.3 is 0 Å². The largest absolute Gasteiger partial charge is 0.375 e. The van der Waals surface area contributed by atoms with E-state index in [1.54, 1.807) is 10.9 Å². The van der Waals surface area contributed by atoms with Gasteiger partial charge in [0.25, 0.3) is 0 Å². The van der Waals surface area contributed by atoms with Crippen LogP contribution in [0.5, 0.6) is 0 Å². The lowest BCUT2D eigenvalue weighted by atomic mass is 10.2. The van der Waals surface area contributed by atoms with E-state index < -0.39 is 10.0 Å². The molecule has 0 aliphatic carbocycles. The van der Waals surface area contributed by atoms with Crippen LogP contribution in [0.4, 0.5) is 0 Å². The molecule has 3 rings (SSSR count). The smallest absolute Gasteiger partial charge is 0.246 e. The molecule has 0 amide bonds. The highest BCUT2D eigenvalue weighted by molar-refractivity contribution is 7.89. The molecule has 6 nitrogen and oxygen atoms in total. The number of sulfonamides is 1. The average molecular weight is 335 g/mol. The number of hydrogen-bond acceptors (Lipinski definition) is 4. The Bertz CT molecular complexity index is 758. The van der Waals surface area contributed by atoms with Gasteiger partial charge in [-0.05, 0) is 19.4 Å². The predicted octanol–water partition coefficient (Wildman–Crippen LogP) is 1.73. The van der Waals surface area contributed by atoms with Gasteiger partial charge in [0.05, 0.1) is 25.5 Å². The van der Waals surface area contributed by atoms with E-state index in [0.717, 1.165) is 5.56 Å². The van der Waals surface area contributed by atoms with Crippen molar-refractivity contribution >= 4 is 10.0 Å². The van der Waals surface area contributed by atoms with Gasteiger partial charge in [0, 0.05) is 18.8 Å². The Balaban J connectivity index is 1.81. The van der Waals surface area contributed by atoms with Crippen LogP contribution in [0.3, 0.4) is 0 Å². The van der Waals surface area contributed by atoms with E-state index in [0.29, 0.717) is 19.7 Å². The third kappa shape index (κ3) is 3.46. The zero-order valence-corrected chi connectivity index (χ0v) is 14.1. The van der Waals surface area contributed by atoms with Crippen LogP contribution in [0.15, 0.2) is 47.6 Å². The van der Waals surface area contributed by atoms with Crippen molar-refractivity contribution in [3.63, 3.8) is 0 Å². The highest BCUT2D eigenvalue weighted by Crippen LogP contribution is 2.22. The summed E-state index contributed by atoms with van der Waals surface area (Å²) in [5, 5.41) is 4.20. The molecule has 1 aromatic heterocycles. The fourth-order valence-electron chi connectivity index (χ4n) is 2.68. The van der Waals surface area contributed by atoms with Gasteiger partial charge in [-0.2, -0.15) is 9.40 Å². The zero-order valence-electron chi connectivity index (χ0n) is 13.3. The molecule has 1 aromatic carbocycles. The molecule has 1 aliphatic heterocycles. The van der Waals surface area contributed by atoms with Gasteiger partial charge in [0.1, 0.15) is 4.90 Å². The van der Waals surface area contributed by atoms with Crippen molar-refractivity contribution in [3.05, 3.63) is 48.3 Å². The molecular weight excluding hydrogens is 314 g/mol.